The minimum atomic E-state index is -0.342. The van der Waals surface area contributed by atoms with E-state index in [0.717, 1.165) is 22.2 Å². The molecular formula is C21H22F2N2O2. The van der Waals surface area contributed by atoms with Gasteiger partial charge in [-0.15, -0.1) is 0 Å². The zero-order valence-electron chi connectivity index (χ0n) is 15.6. The van der Waals surface area contributed by atoms with Crippen LogP contribution in [0.2, 0.25) is 0 Å². The monoisotopic (exact) mass is 372 g/mol. The van der Waals surface area contributed by atoms with E-state index in [2.05, 4.69) is 10.3 Å². The maximum Gasteiger partial charge on any atom is 0.257 e. The van der Waals surface area contributed by atoms with Crippen LogP contribution in [0.5, 0.6) is 5.75 Å². The van der Waals surface area contributed by atoms with Crippen LogP contribution in [0, 0.1) is 32.4 Å². The number of fused-ring (bicyclic) bond motifs is 1. The van der Waals surface area contributed by atoms with Gasteiger partial charge in [0.25, 0.3) is 5.91 Å². The Morgan fingerprint density at radius 1 is 1.11 bits per heavy atom. The number of amides is 1. The van der Waals surface area contributed by atoms with Crippen molar-refractivity contribution in [2.75, 3.05) is 13.2 Å². The second-order valence-corrected chi connectivity index (χ2v) is 6.64. The quantitative estimate of drug-likeness (QED) is 0.684. The molecule has 1 amide bonds. The molecule has 2 N–H and O–H groups in total. The number of halogens is 2. The van der Waals surface area contributed by atoms with E-state index in [1.165, 1.54) is 24.3 Å². The minimum absolute atomic E-state index is 0.146. The topological polar surface area (TPSA) is 54.1 Å². The number of aromatic nitrogens is 1. The first kappa shape index (κ1) is 18.9. The van der Waals surface area contributed by atoms with E-state index in [1.54, 1.807) is 13.0 Å². The van der Waals surface area contributed by atoms with Gasteiger partial charge in [0, 0.05) is 17.6 Å². The molecule has 6 heteroatoms. The average molecular weight is 372 g/mol. The Labute approximate surface area is 156 Å². The van der Waals surface area contributed by atoms with E-state index in [-0.39, 0.29) is 24.1 Å². The lowest BCUT2D eigenvalue weighted by molar-refractivity contribution is -0.123. The maximum atomic E-state index is 14.0. The smallest absolute Gasteiger partial charge is 0.257 e. The van der Waals surface area contributed by atoms with E-state index >= 15 is 0 Å². The number of carbonyl (C=O) groups excluding carboxylic acids is 1. The number of rotatable bonds is 6. The van der Waals surface area contributed by atoms with Crippen LogP contribution in [0.4, 0.5) is 8.78 Å². The van der Waals surface area contributed by atoms with Crippen molar-refractivity contribution in [2.45, 2.75) is 27.2 Å². The van der Waals surface area contributed by atoms with Crippen LogP contribution in [0.15, 0.2) is 30.3 Å². The molecule has 0 radical (unpaired) electrons. The van der Waals surface area contributed by atoms with Crippen molar-refractivity contribution in [3.05, 3.63) is 64.4 Å². The number of nitrogens with one attached hydrogen (secondary N) is 2. The average Bonchev–Trinajstić information content (AvgIpc) is 2.95. The number of hydrogen-bond acceptors (Lipinski definition) is 2. The van der Waals surface area contributed by atoms with Crippen molar-refractivity contribution in [2.24, 2.45) is 0 Å². The summed E-state index contributed by atoms with van der Waals surface area (Å²) in [7, 11) is 0. The highest BCUT2D eigenvalue weighted by Gasteiger charge is 2.14. The van der Waals surface area contributed by atoms with Gasteiger partial charge in [0.2, 0.25) is 0 Å². The lowest BCUT2D eigenvalue weighted by Gasteiger charge is -2.10. The van der Waals surface area contributed by atoms with Crippen molar-refractivity contribution in [3.63, 3.8) is 0 Å². The third-order valence-electron chi connectivity index (χ3n) is 4.62. The van der Waals surface area contributed by atoms with Crippen LogP contribution in [-0.2, 0) is 11.2 Å². The molecule has 0 bridgehead atoms. The molecule has 0 unspecified atom stereocenters. The number of aryl methyl sites for hydroxylation is 3. The molecule has 0 aliphatic heterocycles. The summed E-state index contributed by atoms with van der Waals surface area (Å²) in [5, 5.41) is 3.68. The molecule has 0 saturated heterocycles. The summed E-state index contributed by atoms with van der Waals surface area (Å²) in [4.78, 5) is 15.1. The van der Waals surface area contributed by atoms with Crippen LogP contribution in [0.1, 0.15) is 22.4 Å². The molecule has 0 aliphatic carbocycles. The molecule has 0 saturated carbocycles. The molecule has 142 valence electrons. The van der Waals surface area contributed by atoms with Gasteiger partial charge in [0.15, 0.2) is 6.61 Å². The van der Waals surface area contributed by atoms with Crippen molar-refractivity contribution >= 4 is 16.8 Å². The first-order valence-corrected chi connectivity index (χ1v) is 8.78. The van der Waals surface area contributed by atoms with Gasteiger partial charge >= 0.3 is 0 Å². The van der Waals surface area contributed by atoms with E-state index in [4.69, 9.17) is 4.74 Å². The highest BCUT2D eigenvalue weighted by Crippen LogP contribution is 2.27. The molecule has 3 aromatic rings. The van der Waals surface area contributed by atoms with Gasteiger partial charge in [-0.3, -0.25) is 4.79 Å². The summed E-state index contributed by atoms with van der Waals surface area (Å²) in [5.74, 6) is -0.411. The van der Waals surface area contributed by atoms with Gasteiger partial charge in [0.1, 0.15) is 17.4 Å². The molecular weight excluding hydrogens is 350 g/mol. The predicted octanol–water partition coefficient (Wildman–Crippen LogP) is 4.11. The number of carbonyl (C=O) groups is 1. The third-order valence-corrected chi connectivity index (χ3v) is 4.62. The zero-order valence-corrected chi connectivity index (χ0v) is 15.6. The Balaban J connectivity index is 1.58. The molecule has 0 aliphatic rings. The van der Waals surface area contributed by atoms with Crippen LogP contribution in [0.25, 0.3) is 10.9 Å². The second-order valence-electron chi connectivity index (χ2n) is 6.64. The van der Waals surface area contributed by atoms with Gasteiger partial charge in [-0.1, -0.05) is 6.07 Å². The first-order chi connectivity index (χ1) is 12.9. The van der Waals surface area contributed by atoms with E-state index in [1.807, 2.05) is 13.8 Å². The standard InChI is InChI=1S/C21H22F2N2O2/c1-12-4-6-17(23)21-20(12)16(14(3)25-21)8-9-24-19(26)11-27-18-7-5-15(22)10-13(18)2/h4-7,10,25H,8-9,11H2,1-3H3,(H,24,26). The lowest BCUT2D eigenvalue weighted by Crippen LogP contribution is -2.30. The molecule has 3 rings (SSSR count). The Kier molecular flexibility index (Phi) is 5.44. The number of ether oxygens (including phenoxy) is 1. The highest BCUT2D eigenvalue weighted by atomic mass is 19.1. The van der Waals surface area contributed by atoms with Crippen molar-refractivity contribution in [3.8, 4) is 5.75 Å². The molecule has 0 spiro atoms. The van der Waals surface area contributed by atoms with E-state index < -0.39 is 0 Å². The van der Waals surface area contributed by atoms with Crippen LogP contribution >= 0.6 is 0 Å². The van der Waals surface area contributed by atoms with Gasteiger partial charge < -0.3 is 15.0 Å². The summed E-state index contributed by atoms with van der Waals surface area (Å²) in [6.07, 6.45) is 0.581. The van der Waals surface area contributed by atoms with Crippen LogP contribution < -0.4 is 10.1 Å². The molecule has 2 aromatic carbocycles. The minimum Gasteiger partial charge on any atom is -0.484 e. The normalized spacial score (nSPS) is 11.0. The lowest BCUT2D eigenvalue weighted by atomic mass is 10.0. The first-order valence-electron chi connectivity index (χ1n) is 8.78. The summed E-state index contributed by atoms with van der Waals surface area (Å²) in [6.45, 7) is 5.82. The van der Waals surface area contributed by atoms with Crippen LogP contribution in [0.3, 0.4) is 0 Å². The van der Waals surface area contributed by atoms with Gasteiger partial charge in [-0.2, -0.15) is 0 Å². The van der Waals surface area contributed by atoms with Crippen LogP contribution in [-0.4, -0.2) is 24.0 Å². The summed E-state index contributed by atoms with van der Waals surface area (Å²) in [5.41, 5.74) is 4.02. The van der Waals surface area contributed by atoms with Gasteiger partial charge in [-0.05, 0) is 68.1 Å². The van der Waals surface area contributed by atoms with Gasteiger partial charge in [-0.25, -0.2) is 8.78 Å². The fourth-order valence-corrected chi connectivity index (χ4v) is 3.25. The molecule has 1 aromatic heterocycles. The van der Waals surface area contributed by atoms with Crippen molar-refractivity contribution in [1.29, 1.82) is 0 Å². The molecule has 27 heavy (non-hydrogen) atoms. The highest BCUT2D eigenvalue weighted by molar-refractivity contribution is 5.88. The van der Waals surface area contributed by atoms with E-state index in [0.29, 0.717) is 29.8 Å². The summed E-state index contributed by atoms with van der Waals surface area (Å²) < 4.78 is 32.5. The third kappa shape index (κ3) is 4.10. The molecule has 0 fully saturated rings. The Bertz CT molecular complexity index is 996. The summed E-state index contributed by atoms with van der Waals surface area (Å²) in [6, 6.07) is 7.36. The van der Waals surface area contributed by atoms with E-state index in [9.17, 15) is 13.6 Å². The number of aromatic amines is 1. The fraction of sp³-hybridized carbons (Fsp3) is 0.286. The number of benzene rings is 2. The van der Waals surface area contributed by atoms with Crippen molar-refractivity contribution in [1.82, 2.24) is 10.3 Å². The van der Waals surface area contributed by atoms with Gasteiger partial charge in [0.05, 0.1) is 5.52 Å². The largest absolute Gasteiger partial charge is 0.484 e. The molecule has 1 heterocycles. The Morgan fingerprint density at radius 3 is 2.63 bits per heavy atom. The Hall–Kier alpha value is -2.89. The van der Waals surface area contributed by atoms with Crippen molar-refractivity contribution < 1.29 is 18.3 Å². The fourth-order valence-electron chi connectivity index (χ4n) is 3.25. The molecule has 4 nitrogen and oxygen atoms in total. The predicted molar refractivity (Wildman–Crippen MR) is 101 cm³/mol. The zero-order chi connectivity index (χ0) is 19.6. The number of hydrogen-bond donors (Lipinski definition) is 2. The summed E-state index contributed by atoms with van der Waals surface area (Å²) >= 11 is 0. The Morgan fingerprint density at radius 2 is 1.89 bits per heavy atom. The molecule has 0 atom stereocenters. The second kappa shape index (κ2) is 7.78. The maximum absolute atomic E-state index is 14.0. The number of H-pyrrole nitrogens is 1. The SMILES string of the molecule is Cc1cc(F)ccc1OCC(=O)NCCc1c(C)[nH]c2c(F)ccc(C)c12.